The van der Waals surface area contributed by atoms with Gasteiger partial charge in [-0.15, -0.1) is 0 Å². The van der Waals surface area contributed by atoms with E-state index in [1.807, 2.05) is 0 Å². The second kappa shape index (κ2) is 6.92. The number of carbonyl (C=O) groups is 1. The number of aromatic nitrogens is 1. The molecule has 6 nitrogen and oxygen atoms in total. The molecule has 0 saturated carbocycles. The summed E-state index contributed by atoms with van der Waals surface area (Å²) < 4.78 is 24.8. The van der Waals surface area contributed by atoms with Gasteiger partial charge < -0.3 is 5.32 Å². The van der Waals surface area contributed by atoms with Crippen molar-refractivity contribution >= 4 is 44.8 Å². The van der Waals surface area contributed by atoms with Crippen LogP contribution in [0.1, 0.15) is 21.5 Å². The Bertz CT molecular complexity index is 927. The quantitative estimate of drug-likeness (QED) is 0.859. The first-order valence-corrected chi connectivity index (χ1v) is 10.0. The predicted molar refractivity (Wildman–Crippen MR) is 97.6 cm³/mol. The van der Waals surface area contributed by atoms with Crippen molar-refractivity contribution in [1.29, 1.82) is 0 Å². The Balaban J connectivity index is 1.88. The van der Waals surface area contributed by atoms with Crippen molar-refractivity contribution in [3.8, 4) is 0 Å². The molecule has 1 amide bonds. The Hall–Kier alpha value is -1.67. The van der Waals surface area contributed by atoms with Crippen molar-refractivity contribution in [3.63, 3.8) is 0 Å². The minimum absolute atomic E-state index is 0.214. The average molecular weight is 400 g/mol. The topological polar surface area (TPSA) is 79.4 Å². The van der Waals surface area contributed by atoms with Crippen LogP contribution in [0.5, 0.6) is 0 Å². The molecule has 1 aliphatic rings. The second-order valence-corrected chi connectivity index (χ2v) is 8.64. The Morgan fingerprint density at radius 1 is 1.20 bits per heavy atom. The molecule has 1 N–H and O–H groups in total. The standard InChI is InChI=1S/C16H15Cl2N3O3S/c1-25(23,24)21-3-2-14-10(9-21)7-19-8-15(14)16(22)20-13-5-11(17)4-12(18)6-13/h4-8H,2-3,9H2,1H3,(H,20,22). The van der Waals surface area contributed by atoms with Crippen LogP contribution in [-0.2, 0) is 23.0 Å². The molecule has 0 atom stereocenters. The normalized spacial score (nSPS) is 14.8. The van der Waals surface area contributed by atoms with E-state index < -0.39 is 10.0 Å². The lowest BCUT2D eigenvalue weighted by Gasteiger charge is -2.27. The number of hydrogen-bond donors (Lipinski definition) is 1. The van der Waals surface area contributed by atoms with Gasteiger partial charge in [0.1, 0.15) is 0 Å². The summed E-state index contributed by atoms with van der Waals surface area (Å²) in [5, 5.41) is 3.58. The van der Waals surface area contributed by atoms with Gasteiger partial charge in [0, 0.05) is 41.2 Å². The van der Waals surface area contributed by atoms with Crippen molar-refractivity contribution in [2.24, 2.45) is 0 Å². The number of nitrogens with one attached hydrogen (secondary N) is 1. The van der Waals surface area contributed by atoms with Crippen LogP contribution in [0.3, 0.4) is 0 Å². The fourth-order valence-electron chi connectivity index (χ4n) is 2.77. The number of carbonyl (C=O) groups excluding carboxylic acids is 1. The molecule has 0 saturated heterocycles. The molecule has 9 heteroatoms. The maximum atomic E-state index is 12.6. The van der Waals surface area contributed by atoms with Crippen molar-refractivity contribution in [3.05, 3.63) is 57.3 Å². The minimum Gasteiger partial charge on any atom is -0.322 e. The van der Waals surface area contributed by atoms with Crippen molar-refractivity contribution in [1.82, 2.24) is 9.29 Å². The molecule has 132 valence electrons. The zero-order valence-electron chi connectivity index (χ0n) is 13.3. The Morgan fingerprint density at radius 3 is 2.52 bits per heavy atom. The van der Waals surface area contributed by atoms with E-state index >= 15 is 0 Å². The van der Waals surface area contributed by atoms with E-state index in [1.54, 1.807) is 24.4 Å². The van der Waals surface area contributed by atoms with Crippen LogP contribution in [0.25, 0.3) is 0 Å². The van der Waals surface area contributed by atoms with Crippen LogP contribution >= 0.6 is 23.2 Å². The maximum Gasteiger partial charge on any atom is 0.257 e. The number of hydrogen-bond acceptors (Lipinski definition) is 4. The van der Waals surface area contributed by atoms with E-state index in [0.29, 0.717) is 34.3 Å². The van der Waals surface area contributed by atoms with E-state index in [4.69, 9.17) is 23.2 Å². The molecule has 0 bridgehead atoms. The van der Waals surface area contributed by atoms with Crippen LogP contribution < -0.4 is 5.32 Å². The Labute approximate surface area is 155 Å². The smallest absolute Gasteiger partial charge is 0.257 e. The lowest BCUT2D eigenvalue weighted by atomic mass is 9.98. The first-order chi connectivity index (χ1) is 11.7. The molecule has 1 aromatic carbocycles. The van der Waals surface area contributed by atoms with Gasteiger partial charge in [-0.3, -0.25) is 9.78 Å². The van der Waals surface area contributed by atoms with E-state index in [1.165, 1.54) is 16.8 Å². The number of nitrogens with zero attached hydrogens (tertiary/aromatic N) is 2. The number of pyridine rings is 1. The van der Waals surface area contributed by atoms with Crippen LogP contribution in [0, 0.1) is 0 Å². The van der Waals surface area contributed by atoms with Crippen molar-refractivity contribution in [2.45, 2.75) is 13.0 Å². The largest absolute Gasteiger partial charge is 0.322 e. The monoisotopic (exact) mass is 399 g/mol. The highest BCUT2D eigenvalue weighted by Crippen LogP contribution is 2.26. The summed E-state index contributed by atoms with van der Waals surface area (Å²) in [6.45, 7) is 0.546. The van der Waals surface area contributed by atoms with Crippen LogP contribution in [0.4, 0.5) is 5.69 Å². The summed E-state index contributed by atoms with van der Waals surface area (Å²) in [7, 11) is -3.28. The molecule has 0 spiro atoms. The van der Waals surface area contributed by atoms with Gasteiger partial charge in [-0.2, -0.15) is 4.31 Å². The fraction of sp³-hybridized carbons (Fsp3) is 0.250. The van der Waals surface area contributed by atoms with Gasteiger partial charge in [-0.05, 0) is 35.7 Å². The molecule has 0 aliphatic carbocycles. The molecule has 0 unspecified atom stereocenters. The lowest BCUT2D eigenvalue weighted by Crippen LogP contribution is -2.36. The van der Waals surface area contributed by atoms with Gasteiger partial charge in [0.05, 0.1) is 11.8 Å². The van der Waals surface area contributed by atoms with E-state index in [-0.39, 0.29) is 12.5 Å². The molecule has 2 aromatic rings. The molecule has 0 fully saturated rings. The SMILES string of the molecule is CS(=O)(=O)N1CCc2c(cncc2C(=O)Nc2cc(Cl)cc(Cl)c2)C1. The zero-order chi connectivity index (χ0) is 18.2. The van der Waals surface area contributed by atoms with E-state index in [0.717, 1.165) is 11.1 Å². The molecule has 0 radical (unpaired) electrons. The molecule has 1 aliphatic heterocycles. The third-order valence-electron chi connectivity index (χ3n) is 3.94. The highest BCUT2D eigenvalue weighted by Gasteiger charge is 2.26. The fourth-order valence-corrected chi connectivity index (χ4v) is 4.09. The number of sulfonamides is 1. The third kappa shape index (κ3) is 4.12. The van der Waals surface area contributed by atoms with Crippen LogP contribution in [0.2, 0.25) is 10.0 Å². The number of benzene rings is 1. The summed E-state index contributed by atoms with van der Waals surface area (Å²) in [6, 6.07) is 4.77. The summed E-state index contributed by atoms with van der Waals surface area (Å²) in [5.41, 5.74) is 2.43. The average Bonchev–Trinajstić information content (AvgIpc) is 2.51. The summed E-state index contributed by atoms with van der Waals surface area (Å²) >= 11 is 11.9. The highest BCUT2D eigenvalue weighted by atomic mass is 35.5. The molecule has 1 aromatic heterocycles. The van der Waals surface area contributed by atoms with Gasteiger partial charge in [-0.1, -0.05) is 23.2 Å². The zero-order valence-corrected chi connectivity index (χ0v) is 15.6. The Morgan fingerprint density at radius 2 is 1.88 bits per heavy atom. The predicted octanol–water partition coefficient (Wildman–Crippen LogP) is 2.96. The summed E-state index contributed by atoms with van der Waals surface area (Å²) in [5.74, 6) is -0.338. The first kappa shape index (κ1) is 18.1. The molecule has 3 rings (SSSR count). The van der Waals surface area contributed by atoms with Crippen LogP contribution in [0.15, 0.2) is 30.6 Å². The van der Waals surface area contributed by atoms with Gasteiger partial charge in [0.2, 0.25) is 10.0 Å². The number of halogens is 2. The first-order valence-electron chi connectivity index (χ1n) is 7.42. The summed E-state index contributed by atoms with van der Waals surface area (Å²) in [6.07, 6.45) is 4.70. The number of amides is 1. The maximum absolute atomic E-state index is 12.6. The van der Waals surface area contributed by atoms with Crippen molar-refractivity contribution < 1.29 is 13.2 Å². The van der Waals surface area contributed by atoms with Gasteiger partial charge in [-0.25, -0.2) is 8.42 Å². The van der Waals surface area contributed by atoms with E-state index in [2.05, 4.69) is 10.3 Å². The number of rotatable bonds is 3. The molecular formula is C16H15Cl2N3O3S. The van der Waals surface area contributed by atoms with E-state index in [9.17, 15) is 13.2 Å². The molecule has 2 heterocycles. The van der Waals surface area contributed by atoms with Gasteiger partial charge in [0.15, 0.2) is 0 Å². The lowest BCUT2D eigenvalue weighted by molar-refractivity contribution is 0.102. The van der Waals surface area contributed by atoms with Gasteiger partial charge >= 0.3 is 0 Å². The highest BCUT2D eigenvalue weighted by molar-refractivity contribution is 7.88. The third-order valence-corrected chi connectivity index (χ3v) is 5.62. The molecule has 25 heavy (non-hydrogen) atoms. The summed E-state index contributed by atoms with van der Waals surface area (Å²) in [4.78, 5) is 16.7. The minimum atomic E-state index is -3.28. The van der Waals surface area contributed by atoms with Crippen LogP contribution in [-0.4, -0.2) is 36.4 Å². The van der Waals surface area contributed by atoms with Gasteiger partial charge in [0.25, 0.3) is 5.91 Å². The Kier molecular flexibility index (Phi) is 5.02. The number of fused-ring (bicyclic) bond motifs is 1. The number of anilines is 1. The second-order valence-electron chi connectivity index (χ2n) is 5.78. The van der Waals surface area contributed by atoms with Crippen molar-refractivity contribution in [2.75, 3.05) is 18.1 Å². The molecular weight excluding hydrogens is 385 g/mol.